The summed E-state index contributed by atoms with van der Waals surface area (Å²) < 4.78 is 0. The van der Waals surface area contributed by atoms with Crippen LogP contribution in [0.5, 0.6) is 0 Å². The highest BCUT2D eigenvalue weighted by molar-refractivity contribution is 6.56. The molecule has 0 aromatic carbocycles. The molecule has 8 heteroatoms. The van der Waals surface area contributed by atoms with E-state index < -0.39 is 46.3 Å². The van der Waals surface area contributed by atoms with Crippen LogP contribution in [0.1, 0.15) is 12.8 Å². The SMILES string of the molecule is NC(=O)CC1=C(Cl)C(=O)C(CC(N)=O)=C(Cl)C1=O. The summed E-state index contributed by atoms with van der Waals surface area (Å²) in [6, 6.07) is 0. The van der Waals surface area contributed by atoms with Crippen LogP contribution in [0, 0.1) is 0 Å². The lowest BCUT2D eigenvalue weighted by Gasteiger charge is -2.16. The Bertz CT molecular complexity index is 486. The van der Waals surface area contributed by atoms with Crippen LogP contribution >= 0.6 is 23.2 Å². The van der Waals surface area contributed by atoms with Gasteiger partial charge in [-0.3, -0.25) is 19.2 Å². The maximum atomic E-state index is 11.8. The minimum absolute atomic E-state index is 0.271. The zero-order valence-corrected chi connectivity index (χ0v) is 10.5. The smallest absolute Gasteiger partial charge is 0.222 e. The summed E-state index contributed by atoms with van der Waals surface area (Å²) in [5, 5.41) is -0.918. The third-order valence-corrected chi connectivity index (χ3v) is 2.98. The van der Waals surface area contributed by atoms with Crippen molar-refractivity contribution >= 4 is 46.6 Å². The van der Waals surface area contributed by atoms with Gasteiger partial charge in [0.25, 0.3) is 0 Å². The van der Waals surface area contributed by atoms with E-state index in [9.17, 15) is 19.2 Å². The van der Waals surface area contributed by atoms with Crippen LogP contribution in [0.2, 0.25) is 0 Å². The molecule has 0 aromatic rings. The molecule has 0 atom stereocenters. The van der Waals surface area contributed by atoms with Crippen molar-refractivity contribution in [2.24, 2.45) is 11.5 Å². The summed E-state index contributed by atoms with van der Waals surface area (Å²) >= 11 is 11.3. The maximum Gasteiger partial charge on any atom is 0.222 e. The fraction of sp³-hybridized carbons (Fsp3) is 0.200. The average Bonchev–Trinajstić information content (AvgIpc) is 2.27. The second kappa shape index (κ2) is 5.32. The Morgan fingerprint density at radius 2 is 1.11 bits per heavy atom. The highest BCUT2D eigenvalue weighted by Crippen LogP contribution is 2.32. The molecule has 0 aromatic heterocycles. The quantitative estimate of drug-likeness (QED) is 0.701. The second-order valence-electron chi connectivity index (χ2n) is 3.53. The van der Waals surface area contributed by atoms with E-state index in [0.29, 0.717) is 0 Å². The van der Waals surface area contributed by atoms with Crippen molar-refractivity contribution in [1.29, 1.82) is 0 Å². The number of primary amides is 2. The van der Waals surface area contributed by atoms with E-state index in [-0.39, 0.29) is 11.1 Å². The third-order valence-electron chi connectivity index (χ3n) is 2.18. The molecule has 0 fully saturated rings. The molecule has 18 heavy (non-hydrogen) atoms. The van der Waals surface area contributed by atoms with Gasteiger partial charge in [0.15, 0.2) is 0 Å². The summed E-state index contributed by atoms with van der Waals surface area (Å²) in [6.45, 7) is 0. The summed E-state index contributed by atoms with van der Waals surface area (Å²) in [4.78, 5) is 45.1. The van der Waals surface area contributed by atoms with E-state index in [1.807, 2.05) is 0 Å². The molecule has 1 aliphatic carbocycles. The molecule has 2 amide bonds. The number of allylic oxidation sites excluding steroid dienone is 2. The normalized spacial score (nSPS) is 16.3. The van der Waals surface area contributed by atoms with Gasteiger partial charge in [0.1, 0.15) is 0 Å². The van der Waals surface area contributed by atoms with E-state index in [2.05, 4.69) is 0 Å². The van der Waals surface area contributed by atoms with Crippen molar-refractivity contribution in [1.82, 2.24) is 0 Å². The van der Waals surface area contributed by atoms with Crippen LogP contribution in [0.25, 0.3) is 0 Å². The topological polar surface area (TPSA) is 120 Å². The molecule has 4 N–H and O–H groups in total. The van der Waals surface area contributed by atoms with E-state index in [4.69, 9.17) is 34.7 Å². The fourth-order valence-corrected chi connectivity index (χ4v) is 1.94. The molecule has 0 radical (unpaired) electrons. The number of carbonyl (C=O) groups excluding carboxylic acids is 4. The zero-order valence-electron chi connectivity index (χ0n) is 8.96. The molecule has 0 saturated carbocycles. The van der Waals surface area contributed by atoms with Crippen molar-refractivity contribution < 1.29 is 19.2 Å². The Morgan fingerprint density at radius 3 is 1.33 bits per heavy atom. The monoisotopic (exact) mass is 290 g/mol. The van der Waals surface area contributed by atoms with Crippen LogP contribution in [-0.4, -0.2) is 23.4 Å². The standard InChI is InChI=1S/C10H8Cl2N2O4/c11-7-3(1-5(13)15)9(17)8(12)4(10(7)18)2-6(14)16/h1-2H2,(H2,13,15)(H2,14,16). The lowest BCUT2D eigenvalue weighted by atomic mass is 9.92. The molecule has 6 nitrogen and oxygen atoms in total. The number of amides is 2. The molecule has 1 rings (SSSR count). The van der Waals surface area contributed by atoms with Gasteiger partial charge in [-0.15, -0.1) is 0 Å². The first-order valence-corrected chi connectivity index (χ1v) is 5.44. The second-order valence-corrected chi connectivity index (χ2v) is 4.29. The first kappa shape index (κ1) is 14.4. The molecule has 0 saturated heterocycles. The molecular weight excluding hydrogens is 283 g/mol. The van der Waals surface area contributed by atoms with Crippen molar-refractivity contribution in [3.05, 3.63) is 21.2 Å². The lowest BCUT2D eigenvalue weighted by molar-refractivity contribution is -0.120. The Kier molecular flexibility index (Phi) is 4.26. The van der Waals surface area contributed by atoms with Gasteiger partial charge in [-0.25, -0.2) is 0 Å². The van der Waals surface area contributed by atoms with Gasteiger partial charge < -0.3 is 11.5 Å². The van der Waals surface area contributed by atoms with Gasteiger partial charge >= 0.3 is 0 Å². The largest absolute Gasteiger partial charge is 0.369 e. The van der Waals surface area contributed by atoms with E-state index in [1.54, 1.807) is 0 Å². The number of Topliss-reactive ketones (excluding diaryl/α,β-unsaturated/α-hetero) is 2. The van der Waals surface area contributed by atoms with Gasteiger partial charge in [-0.2, -0.15) is 0 Å². The lowest BCUT2D eigenvalue weighted by Crippen LogP contribution is -2.26. The fourth-order valence-electron chi connectivity index (χ4n) is 1.40. The van der Waals surface area contributed by atoms with Gasteiger partial charge in [0.2, 0.25) is 23.4 Å². The van der Waals surface area contributed by atoms with Gasteiger partial charge in [0.05, 0.1) is 22.9 Å². The Balaban J connectivity index is 3.22. The Hall–Kier alpha value is -1.66. The number of halogens is 2. The number of rotatable bonds is 4. The number of hydrogen-bond acceptors (Lipinski definition) is 4. The summed E-state index contributed by atoms with van der Waals surface area (Å²) in [7, 11) is 0. The van der Waals surface area contributed by atoms with Crippen molar-refractivity contribution in [2.45, 2.75) is 12.8 Å². The third kappa shape index (κ3) is 2.77. The minimum Gasteiger partial charge on any atom is -0.369 e. The number of hydrogen-bond donors (Lipinski definition) is 2. The molecular formula is C10H8Cl2N2O4. The summed E-state index contributed by atoms with van der Waals surface area (Å²) in [5.74, 6) is -3.24. The van der Waals surface area contributed by atoms with Crippen molar-refractivity contribution in [3.8, 4) is 0 Å². The predicted octanol–water partition coefficient (Wildman–Crippen LogP) is -0.125. The van der Waals surface area contributed by atoms with Crippen LogP contribution in [0.15, 0.2) is 21.2 Å². The van der Waals surface area contributed by atoms with E-state index in [1.165, 1.54) is 0 Å². The molecule has 1 aliphatic rings. The summed E-state index contributed by atoms with van der Waals surface area (Å²) in [6.07, 6.45) is -0.993. The maximum absolute atomic E-state index is 11.8. The first-order valence-electron chi connectivity index (χ1n) is 4.69. The molecule has 0 unspecified atom stereocenters. The van der Waals surface area contributed by atoms with Crippen LogP contribution in [0.3, 0.4) is 0 Å². The van der Waals surface area contributed by atoms with E-state index in [0.717, 1.165) is 0 Å². The van der Waals surface area contributed by atoms with Crippen LogP contribution in [-0.2, 0) is 19.2 Å². The molecule has 0 spiro atoms. The highest BCUT2D eigenvalue weighted by Gasteiger charge is 2.34. The molecule has 96 valence electrons. The first-order chi connectivity index (χ1) is 8.25. The predicted molar refractivity (Wildman–Crippen MR) is 63.4 cm³/mol. The van der Waals surface area contributed by atoms with Gasteiger partial charge in [0, 0.05) is 11.1 Å². The van der Waals surface area contributed by atoms with Gasteiger partial charge in [-0.1, -0.05) is 23.2 Å². The number of ketones is 2. The number of nitrogens with two attached hydrogens (primary N) is 2. The van der Waals surface area contributed by atoms with Crippen molar-refractivity contribution in [3.63, 3.8) is 0 Å². The van der Waals surface area contributed by atoms with Gasteiger partial charge in [-0.05, 0) is 0 Å². The molecule has 0 bridgehead atoms. The molecule has 0 heterocycles. The van der Waals surface area contributed by atoms with Crippen LogP contribution in [0.4, 0.5) is 0 Å². The zero-order chi connectivity index (χ0) is 14.0. The van der Waals surface area contributed by atoms with Crippen LogP contribution < -0.4 is 11.5 Å². The van der Waals surface area contributed by atoms with E-state index >= 15 is 0 Å². The highest BCUT2D eigenvalue weighted by atomic mass is 35.5. The van der Waals surface area contributed by atoms with Crippen molar-refractivity contribution in [2.75, 3.05) is 0 Å². The molecule has 0 aliphatic heterocycles. The number of carbonyl (C=O) groups is 4. The Morgan fingerprint density at radius 1 is 0.833 bits per heavy atom. The minimum atomic E-state index is -0.827. The summed E-state index contributed by atoms with van der Waals surface area (Å²) in [5.41, 5.74) is 9.31. The Labute approximate surface area is 112 Å². The average molecular weight is 291 g/mol.